The second-order valence-corrected chi connectivity index (χ2v) is 9.88. The van der Waals surface area contributed by atoms with Crippen LogP contribution in [0.4, 0.5) is 0 Å². The van der Waals surface area contributed by atoms with Crippen molar-refractivity contribution in [1.82, 2.24) is 4.90 Å². The normalized spacial score (nSPS) is 26.7. The van der Waals surface area contributed by atoms with Gasteiger partial charge in [0, 0.05) is 16.9 Å². The van der Waals surface area contributed by atoms with E-state index in [0.29, 0.717) is 36.4 Å². The maximum atomic E-state index is 13.7. The van der Waals surface area contributed by atoms with Gasteiger partial charge in [-0.1, -0.05) is 35.9 Å². The summed E-state index contributed by atoms with van der Waals surface area (Å²) in [5.74, 6) is 0.463. The van der Waals surface area contributed by atoms with Gasteiger partial charge >= 0.3 is 0 Å². The Balaban J connectivity index is 1.47. The zero-order valence-corrected chi connectivity index (χ0v) is 19.8. The molecule has 1 fully saturated rings. The van der Waals surface area contributed by atoms with E-state index in [4.69, 9.17) is 32.7 Å². The van der Waals surface area contributed by atoms with Crippen molar-refractivity contribution in [3.8, 4) is 5.75 Å². The molecule has 1 amide bonds. The molecule has 0 saturated heterocycles. The number of ketones is 1. The quantitative estimate of drug-likeness (QED) is 0.552. The summed E-state index contributed by atoms with van der Waals surface area (Å²) in [6.07, 6.45) is 2.42. The van der Waals surface area contributed by atoms with E-state index in [1.165, 1.54) is 0 Å². The number of methoxy groups -OCH3 is 1. The van der Waals surface area contributed by atoms with Crippen LogP contribution in [0.5, 0.6) is 5.75 Å². The first kappa shape index (κ1) is 22.3. The van der Waals surface area contributed by atoms with Gasteiger partial charge in [0.25, 0.3) is 5.91 Å². The molecule has 1 aliphatic carbocycles. The van der Waals surface area contributed by atoms with E-state index < -0.39 is 6.04 Å². The Kier molecular flexibility index (Phi) is 6.11. The van der Waals surface area contributed by atoms with Crippen molar-refractivity contribution in [2.75, 3.05) is 13.7 Å². The molecule has 0 N–H and O–H groups in total. The maximum absolute atomic E-state index is 13.7. The highest BCUT2D eigenvalue weighted by Gasteiger charge is 2.52. The predicted octanol–water partition coefficient (Wildman–Crippen LogP) is 5.10. The lowest BCUT2D eigenvalue weighted by atomic mass is 9.77. The molecule has 4 unspecified atom stereocenters. The average molecular weight is 486 g/mol. The highest BCUT2D eigenvalue weighted by atomic mass is 35.5. The number of carbonyl (C=O) groups is 2. The molecule has 2 aromatic carbocycles. The first-order valence-corrected chi connectivity index (χ1v) is 12.1. The minimum Gasteiger partial charge on any atom is -0.497 e. The van der Waals surface area contributed by atoms with E-state index in [2.05, 4.69) is 0 Å². The van der Waals surface area contributed by atoms with Gasteiger partial charge in [0.15, 0.2) is 11.5 Å². The van der Waals surface area contributed by atoms with E-state index in [-0.39, 0.29) is 34.8 Å². The number of fused-ring (bicyclic) bond motifs is 1. The summed E-state index contributed by atoms with van der Waals surface area (Å²) in [6, 6.07) is 14.6. The molecule has 0 radical (unpaired) electrons. The van der Waals surface area contributed by atoms with Gasteiger partial charge in [-0.25, -0.2) is 0 Å². The topological polar surface area (TPSA) is 55.8 Å². The highest BCUT2D eigenvalue weighted by molar-refractivity contribution is 6.30. The molecule has 0 aromatic heterocycles. The van der Waals surface area contributed by atoms with Crippen LogP contribution in [-0.4, -0.2) is 41.7 Å². The van der Waals surface area contributed by atoms with Crippen LogP contribution >= 0.6 is 23.2 Å². The van der Waals surface area contributed by atoms with E-state index in [0.717, 1.165) is 23.3 Å². The number of ether oxygens (including phenoxy) is 2. The highest BCUT2D eigenvalue weighted by Crippen LogP contribution is 2.47. The first-order chi connectivity index (χ1) is 16.0. The largest absolute Gasteiger partial charge is 0.497 e. The van der Waals surface area contributed by atoms with Crippen LogP contribution in [0, 0.1) is 5.92 Å². The van der Waals surface area contributed by atoms with Crippen molar-refractivity contribution < 1.29 is 19.1 Å². The summed E-state index contributed by atoms with van der Waals surface area (Å²) in [6.45, 7) is 0.454. The molecule has 1 saturated carbocycles. The minimum absolute atomic E-state index is 0.00755. The SMILES string of the molecule is COc1ccc(CCN2C(=O)C3=C(C(=O)C4CC(Cl)CCC4O3)C2c2ccc(Cl)cc2)cc1. The van der Waals surface area contributed by atoms with Crippen LogP contribution in [0.25, 0.3) is 0 Å². The van der Waals surface area contributed by atoms with Crippen LogP contribution in [0.3, 0.4) is 0 Å². The molecular weight excluding hydrogens is 461 g/mol. The summed E-state index contributed by atoms with van der Waals surface area (Å²) in [4.78, 5) is 28.9. The Morgan fingerprint density at radius 3 is 2.48 bits per heavy atom. The standard InChI is InChI=1S/C26H25Cl2NO4/c1-32-19-9-2-15(3-10-19)12-13-29-23(16-4-6-17(27)7-5-16)22-24(30)20-14-18(28)8-11-21(20)33-25(22)26(29)31/h2-7,9-10,18,20-21,23H,8,11-14H2,1H3. The van der Waals surface area contributed by atoms with Crippen molar-refractivity contribution in [2.45, 2.75) is 43.2 Å². The van der Waals surface area contributed by atoms with Crippen molar-refractivity contribution in [3.05, 3.63) is 76.0 Å². The van der Waals surface area contributed by atoms with Crippen molar-refractivity contribution in [3.63, 3.8) is 0 Å². The molecule has 4 atom stereocenters. The molecule has 33 heavy (non-hydrogen) atoms. The van der Waals surface area contributed by atoms with Crippen LogP contribution in [0.2, 0.25) is 5.02 Å². The second kappa shape index (κ2) is 9.03. The minimum atomic E-state index is -0.493. The zero-order chi connectivity index (χ0) is 23.1. The van der Waals surface area contributed by atoms with Gasteiger partial charge in [0.05, 0.1) is 24.6 Å². The number of hydrogen-bond acceptors (Lipinski definition) is 4. The molecule has 0 bridgehead atoms. The molecule has 2 aromatic rings. The lowest BCUT2D eigenvalue weighted by molar-refractivity contribution is -0.135. The summed E-state index contributed by atoms with van der Waals surface area (Å²) in [7, 11) is 1.63. The van der Waals surface area contributed by atoms with E-state index in [1.54, 1.807) is 24.1 Å². The summed E-state index contributed by atoms with van der Waals surface area (Å²) >= 11 is 12.5. The van der Waals surface area contributed by atoms with Crippen LogP contribution in [0.15, 0.2) is 59.9 Å². The van der Waals surface area contributed by atoms with Gasteiger partial charge in [0.2, 0.25) is 0 Å². The smallest absolute Gasteiger partial charge is 0.290 e. The summed E-state index contributed by atoms with van der Waals surface area (Å²) in [5.41, 5.74) is 2.39. The Hall–Kier alpha value is -2.50. The Morgan fingerprint density at radius 2 is 1.79 bits per heavy atom. The number of benzene rings is 2. The maximum Gasteiger partial charge on any atom is 0.290 e. The number of alkyl halides is 1. The van der Waals surface area contributed by atoms with Crippen molar-refractivity contribution >= 4 is 34.9 Å². The van der Waals surface area contributed by atoms with Crippen LogP contribution in [-0.2, 0) is 20.7 Å². The van der Waals surface area contributed by atoms with Gasteiger partial charge in [-0.05, 0) is 61.1 Å². The van der Waals surface area contributed by atoms with Gasteiger partial charge in [-0.2, -0.15) is 0 Å². The fraction of sp³-hybridized carbons (Fsp3) is 0.385. The molecule has 172 valence electrons. The monoisotopic (exact) mass is 485 g/mol. The lowest BCUT2D eigenvalue weighted by Gasteiger charge is -2.37. The fourth-order valence-electron chi connectivity index (χ4n) is 5.13. The first-order valence-electron chi connectivity index (χ1n) is 11.2. The average Bonchev–Trinajstić information content (AvgIpc) is 3.11. The Labute approximate surface area is 203 Å². The third kappa shape index (κ3) is 4.13. The number of halogens is 2. The van der Waals surface area contributed by atoms with Gasteiger partial charge in [-0.15, -0.1) is 11.6 Å². The Morgan fingerprint density at radius 1 is 1.06 bits per heavy atom. The molecule has 2 aliphatic heterocycles. The second-order valence-electron chi connectivity index (χ2n) is 8.83. The molecule has 5 nitrogen and oxygen atoms in total. The molecule has 3 aliphatic rings. The number of Topliss-reactive ketones (excluding diaryl/α,β-unsaturated/α-hetero) is 1. The molecular formula is C26H25Cl2NO4. The van der Waals surface area contributed by atoms with Gasteiger partial charge < -0.3 is 14.4 Å². The fourth-order valence-corrected chi connectivity index (χ4v) is 5.57. The van der Waals surface area contributed by atoms with Gasteiger partial charge in [0.1, 0.15) is 11.9 Å². The number of carbonyl (C=O) groups excluding carboxylic acids is 2. The predicted molar refractivity (Wildman–Crippen MR) is 126 cm³/mol. The third-order valence-electron chi connectivity index (χ3n) is 6.87. The molecule has 5 rings (SSSR count). The number of nitrogens with zero attached hydrogens (tertiary/aromatic N) is 1. The van der Waals surface area contributed by atoms with E-state index in [1.807, 2.05) is 36.4 Å². The van der Waals surface area contributed by atoms with Crippen molar-refractivity contribution in [2.24, 2.45) is 5.92 Å². The molecule has 7 heteroatoms. The summed E-state index contributed by atoms with van der Waals surface area (Å²) < 4.78 is 11.4. The number of hydrogen-bond donors (Lipinski definition) is 0. The third-order valence-corrected chi connectivity index (χ3v) is 7.51. The molecule has 2 heterocycles. The number of amides is 1. The Bertz CT molecular complexity index is 1100. The summed E-state index contributed by atoms with van der Waals surface area (Å²) in [5, 5.41) is 0.559. The van der Waals surface area contributed by atoms with E-state index in [9.17, 15) is 9.59 Å². The zero-order valence-electron chi connectivity index (χ0n) is 18.3. The van der Waals surface area contributed by atoms with E-state index >= 15 is 0 Å². The van der Waals surface area contributed by atoms with Crippen molar-refractivity contribution in [1.29, 1.82) is 0 Å². The van der Waals surface area contributed by atoms with Crippen LogP contribution in [0.1, 0.15) is 36.4 Å². The van der Waals surface area contributed by atoms with Gasteiger partial charge in [-0.3, -0.25) is 9.59 Å². The number of rotatable bonds is 5. The molecule has 0 spiro atoms. The van der Waals surface area contributed by atoms with Crippen LogP contribution < -0.4 is 4.74 Å². The lowest BCUT2D eigenvalue weighted by Crippen LogP contribution is -2.41.